The molecule has 0 bridgehead atoms. The first-order valence-corrected chi connectivity index (χ1v) is 12.2. The van der Waals surface area contributed by atoms with E-state index in [0.29, 0.717) is 37.7 Å². The molecule has 3 aromatic rings. The number of hydrogen-bond donors (Lipinski definition) is 0. The average Bonchev–Trinajstić information content (AvgIpc) is 3.52. The van der Waals surface area contributed by atoms with Crippen LogP contribution < -0.4 is 4.90 Å². The highest BCUT2D eigenvalue weighted by molar-refractivity contribution is 7.15. The summed E-state index contributed by atoms with van der Waals surface area (Å²) in [5, 5.41) is 0.882. The van der Waals surface area contributed by atoms with E-state index in [2.05, 4.69) is 14.9 Å². The zero-order chi connectivity index (χ0) is 22.8. The van der Waals surface area contributed by atoms with Crippen LogP contribution >= 0.6 is 11.3 Å². The summed E-state index contributed by atoms with van der Waals surface area (Å²) in [7, 11) is 0. The number of esters is 1. The first-order chi connectivity index (χ1) is 16.1. The number of anilines is 1. The quantitative estimate of drug-likeness (QED) is 0.539. The van der Waals surface area contributed by atoms with Crippen molar-refractivity contribution in [2.45, 2.75) is 38.7 Å². The number of rotatable bonds is 5. The molecule has 3 aromatic heterocycles. The number of carbonyl (C=O) groups excluding carboxylic acids is 2. The summed E-state index contributed by atoms with van der Waals surface area (Å²) in [5.41, 5.74) is 1.72. The number of thiophene rings is 1. The molecule has 4 heterocycles. The van der Waals surface area contributed by atoms with Crippen LogP contribution in [-0.4, -0.2) is 63.6 Å². The third-order valence-corrected chi connectivity index (χ3v) is 7.56. The molecule has 2 aliphatic rings. The van der Waals surface area contributed by atoms with E-state index in [1.807, 2.05) is 29.1 Å². The van der Waals surface area contributed by atoms with Crippen molar-refractivity contribution < 1.29 is 14.3 Å². The molecule has 5 rings (SSSR count). The first kappa shape index (κ1) is 21.6. The number of amides is 1. The highest BCUT2D eigenvalue weighted by atomic mass is 32.1. The first-order valence-electron chi connectivity index (χ1n) is 11.4. The van der Waals surface area contributed by atoms with Gasteiger partial charge in [-0.05, 0) is 56.4 Å². The van der Waals surface area contributed by atoms with Gasteiger partial charge in [0.15, 0.2) is 6.10 Å². The molecule has 0 radical (unpaired) electrons. The van der Waals surface area contributed by atoms with Crippen molar-refractivity contribution in [1.29, 1.82) is 0 Å². The van der Waals surface area contributed by atoms with Gasteiger partial charge in [0, 0.05) is 55.8 Å². The van der Waals surface area contributed by atoms with Crippen LogP contribution in [0.1, 0.15) is 40.6 Å². The van der Waals surface area contributed by atoms with Crippen molar-refractivity contribution in [1.82, 2.24) is 19.4 Å². The van der Waals surface area contributed by atoms with Gasteiger partial charge in [-0.2, -0.15) is 0 Å². The minimum atomic E-state index is -0.839. The van der Waals surface area contributed by atoms with E-state index in [9.17, 15) is 9.59 Å². The summed E-state index contributed by atoms with van der Waals surface area (Å²) < 4.78 is 7.72. The number of piperazine rings is 1. The normalized spacial score (nSPS) is 16.9. The Hall–Kier alpha value is -3.20. The van der Waals surface area contributed by atoms with Crippen molar-refractivity contribution in [3.8, 4) is 5.00 Å². The number of fused-ring (bicyclic) bond motifs is 1. The van der Waals surface area contributed by atoms with E-state index in [1.165, 1.54) is 4.88 Å². The molecule has 0 spiro atoms. The SMILES string of the molecule is CC(OC(=O)c1c(-n2cccc2)sc2c1CCCC2)C(=O)N1CCN(c2ncccn2)CC1. The topological polar surface area (TPSA) is 80.6 Å². The van der Waals surface area contributed by atoms with Crippen molar-refractivity contribution in [3.63, 3.8) is 0 Å². The van der Waals surface area contributed by atoms with E-state index in [4.69, 9.17) is 4.74 Å². The Morgan fingerprint density at radius 3 is 2.42 bits per heavy atom. The van der Waals surface area contributed by atoms with Gasteiger partial charge in [0.25, 0.3) is 5.91 Å². The predicted molar refractivity (Wildman–Crippen MR) is 126 cm³/mol. The Bertz CT molecular complexity index is 1120. The van der Waals surface area contributed by atoms with Gasteiger partial charge < -0.3 is 19.1 Å². The number of aromatic nitrogens is 3. The summed E-state index contributed by atoms with van der Waals surface area (Å²) in [6.45, 7) is 4.04. The summed E-state index contributed by atoms with van der Waals surface area (Å²) in [4.78, 5) is 40.0. The molecular weight excluding hydrogens is 438 g/mol. The lowest BCUT2D eigenvalue weighted by Gasteiger charge is -2.35. The fourth-order valence-corrected chi connectivity index (χ4v) is 5.86. The molecule has 1 aliphatic heterocycles. The summed E-state index contributed by atoms with van der Waals surface area (Å²) in [6.07, 6.45) is 10.6. The number of ether oxygens (including phenoxy) is 1. The lowest BCUT2D eigenvalue weighted by Crippen LogP contribution is -2.52. The lowest BCUT2D eigenvalue weighted by atomic mass is 9.95. The molecule has 1 fully saturated rings. The van der Waals surface area contributed by atoms with Crippen LogP contribution in [0.25, 0.3) is 5.00 Å². The number of nitrogens with zero attached hydrogens (tertiary/aromatic N) is 5. The molecule has 0 N–H and O–H groups in total. The van der Waals surface area contributed by atoms with Crippen molar-refractivity contribution in [2.75, 3.05) is 31.1 Å². The third kappa shape index (κ3) is 4.37. The molecule has 1 unspecified atom stereocenters. The van der Waals surface area contributed by atoms with Crippen LogP contribution in [-0.2, 0) is 22.4 Å². The highest BCUT2D eigenvalue weighted by Crippen LogP contribution is 2.37. The van der Waals surface area contributed by atoms with Crippen LogP contribution in [0, 0.1) is 0 Å². The van der Waals surface area contributed by atoms with E-state index in [-0.39, 0.29) is 5.91 Å². The number of carbonyl (C=O) groups is 2. The van der Waals surface area contributed by atoms with Crippen LogP contribution in [0.3, 0.4) is 0 Å². The molecule has 1 amide bonds. The van der Waals surface area contributed by atoms with Crippen LogP contribution in [0.2, 0.25) is 0 Å². The summed E-state index contributed by atoms with van der Waals surface area (Å²) >= 11 is 1.66. The van der Waals surface area contributed by atoms with Crippen LogP contribution in [0.4, 0.5) is 5.95 Å². The second-order valence-electron chi connectivity index (χ2n) is 8.39. The fraction of sp³-hybridized carbons (Fsp3) is 0.417. The van der Waals surface area contributed by atoms with Gasteiger partial charge in [-0.3, -0.25) is 4.79 Å². The molecule has 8 nitrogen and oxygen atoms in total. The molecule has 0 aromatic carbocycles. The van der Waals surface area contributed by atoms with Gasteiger partial charge >= 0.3 is 5.97 Å². The van der Waals surface area contributed by atoms with E-state index in [1.54, 1.807) is 41.6 Å². The van der Waals surface area contributed by atoms with Gasteiger partial charge in [-0.15, -0.1) is 11.3 Å². The lowest BCUT2D eigenvalue weighted by molar-refractivity contribution is -0.140. The molecule has 9 heteroatoms. The molecule has 0 saturated carbocycles. The molecule has 172 valence electrons. The molecular formula is C24H27N5O3S. The molecule has 33 heavy (non-hydrogen) atoms. The Kier molecular flexibility index (Phi) is 6.13. The van der Waals surface area contributed by atoms with Gasteiger partial charge in [-0.25, -0.2) is 14.8 Å². The predicted octanol–water partition coefficient (Wildman–Crippen LogP) is 3.10. The maximum absolute atomic E-state index is 13.3. The zero-order valence-corrected chi connectivity index (χ0v) is 19.5. The molecule has 1 saturated heterocycles. The summed E-state index contributed by atoms with van der Waals surface area (Å²) in [5.74, 6) is 0.0997. The number of aryl methyl sites for hydroxylation is 1. The minimum Gasteiger partial charge on any atom is -0.449 e. The van der Waals surface area contributed by atoms with Crippen LogP contribution in [0.15, 0.2) is 43.0 Å². The Morgan fingerprint density at radius 2 is 1.70 bits per heavy atom. The largest absolute Gasteiger partial charge is 0.449 e. The zero-order valence-electron chi connectivity index (χ0n) is 18.6. The average molecular weight is 466 g/mol. The maximum Gasteiger partial charge on any atom is 0.342 e. The van der Waals surface area contributed by atoms with Gasteiger partial charge in [0.1, 0.15) is 5.00 Å². The van der Waals surface area contributed by atoms with Crippen LogP contribution in [0.5, 0.6) is 0 Å². The van der Waals surface area contributed by atoms with Gasteiger partial charge in [-0.1, -0.05) is 0 Å². The molecule has 1 aliphatic carbocycles. The second-order valence-corrected chi connectivity index (χ2v) is 9.47. The van der Waals surface area contributed by atoms with Crippen molar-refractivity contribution in [2.24, 2.45) is 0 Å². The Balaban J connectivity index is 1.27. The highest BCUT2D eigenvalue weighted by Gasteiger charge is 2.32. The number of hydrogen-bond acceptors (Lipinski definition) is 7. The monoisotopic (exact) mass is 465 g/mol. The van der Waals surface area contributed by atoms with E-state index >= 15 is 0 Å². The van der Waals surface area contributed by atoms with Crippen molar-refractivity contribution >= 4 is 29.2 Å². The molecule has 1 atom stereocenters. The maximum atomic E-state index is 13.3. The van der Waals surface area contributed by atoms with Crippen molar-refractivity contribution in [3.05, 3.63) is 59.0 Å². The van der Waals surface area contributed by atoms with E-state index in [0.717, 1.165) is 36.2 Å². The standard InChI is InChI=1S/C24H27N5O3S/c1-17(21(30)27-13-15-29(16-14-27)24-25-9-6-10-26-24)32-23(31)20-18-7-2-3-8-19(18)33-22(20)28-11-4-5-12-28/h4-6,9-12,17H,2-3,7-8,13-16H2,1H3. The smallest absolute Gasteiger partial charge is 0.342 e. The van der Waals surface area contributed by atoms with Gasteiger partial charge in [0.2, 0.25) is 5.95 Å². The summed E-state index contributed by atoms with van der Waals surface area (Å²) in [6, 6.07) is 5.67. The van der Waals surface area contributed by atoms with Gasteiger partial charge in [0.05, 0.1) is 5.56 Å². The van der Waals surface area contributed by atoms with E-state index < -0.39 is 12.1 Å². The Labute approximate surface area is 196 Å². The minimum absolute atomic E-state index is 0.163. The fourth-order valence-electron chi connectivity index (χ4n) is 4.52. The third-order valence-electron chi connectivity index (χ3n) is 6.25. The second kappa shape index (κ2) is 9.35. The Morgan fingerprint density at radius 1 is 1.00 bits per heavy atom.